The maximum Gasteiger partial charge on any atom is 0.149 e. The summed E-state index contributed by atoms with van der Waals surface area (Å²) >= 11 is 0. The lowest BCUT2D eigenvalue weighted by atomic mass is 10.0. The zero-order chi connectivity index (χ0) is 15.6. The summed E-state index contributed by atoms with van der Waals surface area (Å²) in [6.07, 6.45) is 0. The molecule has 0 radical (unpaired) electrons. The number of benzene rings is 1. The Morgan fingerprint density at radius 2 is 1.67 bits per heavy atom. The second-order valence-corrected chi connectivity index (χ2v) is 6.79. The van der Waals surface area contributed by atoms with Crippen molar-refractivity contribution in [2.45, 2.75) is 34.2 Å². The zero-order valence-electron chi connectivity index (χ0n) is 13.4. The van der Waals surface area contributed by atoms with E-state index < -0.39 is 11.6 Å². The Morgan fingerprint density at radius 3 is 2.14 bits per heavy atom. The van der Waals surface area contributed by atoms with Crippen molar-refractivity contribution in [3.63, 3.8) is 0 Å². The summed E-state index contributed by atoms with van der Waals surface area (Å²) in [5.74, 6) is 0.564. The molecule has 0 amide bonds. The molecular weight excluding hydrogens is 270 g/mol. The van der Waals surface area contributed by atoms with E-state index in [0.717, 1.165) is 19.6 Å². The fourth-order valence-electron chi connectivity index (χ4n) is 2.84. The second-order valence-electron chi connectivity index (χ2n) is 6.79. The molecule has 1 fully saturated rings. The van der Waals surface area contributed by atoms with Crippen LogP contribution in [0.25, 0.3) is 0 Å². The van der Waals surface area contributed by atoms with Crippen LogP contribution in [0.1, 0.15) is 33.3 Å². The van der Waals surface area contributed by atoms with E-state index in [9.17, 15) is 8.78 Å². The molecule has 21 heavy (non-hydrogen) atoms. The summed E-state index contributed by atoms with van der Waals surface area (Å²) in [5.41, 5.74) is 0.800. The van der Waals surface area contributed by atoms with Crippen molar-refractivity contribution in [1.29, 1.82) is 0 Å². The van der Waals surface area contributed by atoms with Gasteiger partial charge >= 0.3 is 0 Å². The number of rotatable bonds is 5. The van der Waals surface area contributed by atoms with Crippen LogP contribution >= 0.6 is 0 Å². The number of nitrogens with zero attached hydrogens (tertiary/aromatic N) is 1. The van der Waals surface area contributed by atoms with Crippen LogP contribution in [0.4, 0.5) is 14.5 Å². The van der Waals surface area contributed by atoms with E-state index in [1.54, 1.807) is 0 Å². The molecule has 0 aliphatic carbocycles. The quantitative estimate of drug-likeness (QED) is 0.889. The molecular formula is C17H26F2N2. The van der Waals surface area contributed by atoms with Gasteiger partial charge < -0.3 is 10.2 Å². The van der Waals surface area contributed by atoms with Crippen LogP contribution < -0.4 is 10.2 Å². The highest BCUT2D eigenvalue weighted by molar-refractivity contribution is 5.51. The van der Waals surface area contributed by atoms with Gasteiger partial charge in [-0.1, -0.05) is 27.7 Å². The highest BCUT2D eigenvalue weighted by Crippen LogP contribution is 2.32. The minimum atomic E-state index is -0.447. The van der Waals surface area contributed by atoms with Gasteiger partial charge in [0.1, 0.15) is 17.3 Å². The number of anilines is 1. The van der Waals surface area contributed by atoms with E-state index >= 15 is 0 Å². The average molecular weight is 296 g/mol. The second kappa shape index (κ2) is 6.73. The Labute approximate surface area is 126 Å². The average Bonchev–Trinajstić information content (AvgIpc) is 2.67. The van der Waals surface area contributed by atoms with Crippen molar-refractivity contribution in [2.24, 2.45) is 17.8 Å². The molecule has 0 aromatic heterocycles. The van der Waals surface area contributed by atoms with E-state index in [1.165, 1.54) is 12.1 Å². The number of halogens is 2. The van der Waals surface area contributed by atoms with Crippen molar-refractivity contribution < 1.29 is 8.78 Å². The van der Waals surface area contributed by atoms with Crippen LogP contribution in [0.15, 0.2) is 12.1 Å². The first-order valence-corrected chi connectivity index (χ1v) is 7.82. The van der Waals surface area contributed by atoms with Crippen LogP contribution in [0.5, 0.6) is 0 Å². The predicted molar refractivity (Wildman–Crippen MR) is 83.4 cm³/mol. The molecule has 4 heteroatoms. The van der Waals surface area contributed by atoms with Gasteiger partial charge in [-0.3, -0.25) is 0 Å². The first-order chi connectivity index (χ1) is 9.88. The topological polar surface area (TPSA) is 15.3 Å². The molecule has 2 rings (SSSR count). The molecule has 0 spiro atoms. The minimum absolute atomic E-state index is 0.138. The van der Waals surface area contributed by atoms with Crippen LogP contribution in [0, 0.1) is 29.4 Å². The third kappa shape index (κ3) is 3.94. The minimum Gasteiger partial charge on any atom is -0.366 e. The third-order valence-electron chi connectivity index (χ3n) is 4.26. The molecule has 2 nitrogen and oxygen atoms in total. The molecule has 2 unspecified atom stereocenters. The third-order valence-corrected chi connectivity index (χ3v) is 4.26. The maximum absolute atomic E-state index is 14.3. The molecule has 1 aromatic carbocycles. The predicted octanol–water partition coefficient (Wildman–Crippen LogP) is 3.80. The Kier molecular flexibility index (Phi) is 5.20. The van der Waals surface area contributed by atoms with E-state index in [-0.39, 0.29) is 5.69 Å². The summed E-state index contributed by atoms with van der Waals surface area (Å²) < 4.78 is 28.6. The molecule has 118 valence electrons. The SMILES string of the molecule is CC(C)CNCc1cc(F)c(N2CC(C)C(C)C2)c(F)c1. The Balaban J connectivity index is 2.10. The van der Waals surface area contributed by atoms with Gasteiger partial charge in [0, 0.05) is 19.6 Å². The first-order valence-electron chi connectivity index (χ1n) is 7.82. The van der Waals surface area contributed by atoms with Crippen LogP contribution in [0.3, 0.4) is 0 Å². The molecule has 1 aliphatic rings. The summed E-state index contributed by atoms with van der Waals surface area (Å²) in [4.78, 5) is 1.84. The van der Waals surface area contributed by atoms with Gasteiger partial charge in [0.2, 0.25) is 0 Å². The number of nitrogens with one attached hydrogen (secondary N) is 1. The Morgan fingerprint density at radius 1 is 1.14 bits per heavy atom. The number of hydrogen-bond donors (Lipinski definition) is 1. The lowest BCUT2D eigenvalue weighted by Crippen LogP contribution is -2.23. The smallest absolute Gasteiger partial charge is 0.149 e. The van der Waals surface area contributed by atoms with Crippen molar-refractivity contribution >= 4 is 5.69 Å². The highest BCUT2D eigenvalue weighted by atomic mass is 19.1. The van der Waals surface area contributed by atoms with Crippen molar-refractivity contribution in [1.82, 2.24) is 5.32 Å². The lowest BCUT2D eigenvalue weighted by molar-refractivity contribution is 0.494. The van der Waals surface area contributed by atoms with Crippen molar-refractivity contribution in [2.75, 3.05) is 24.5 Å². The Bertz CT molecular complexity index is 455. The fourth-order valence-corrected chi connectivity index (χ4v) is 2.84. The summed E-state index contributed by atoms with van der Waals surface area (Å²) in [7, 11) is 0. The molecule has 0 bridgehead atoms. The normalized spacial score (nSPS) is 22.3. The molecule has 1 heterocycles. The lowest BCUT2D eigenvalue weighted by Gasteiger charge is -2.20. The van der Waals surface area contributed by atoms with E-state index in [2.05, 4.69) is 33.0 Å². The van der Waals surface area contributed by atoms with Crippen LogP contribution in [-0.2, 0) is 6.54 Å². The van der Waals surface area contributed by atoms with Crippen LogP contribution in [-0.4, -0.2) is 19.6 Å². The van der Waals surface area contributed by atoms with Gasteiger partial charge in [0.15, 0.2) is 0 Å². The summed E-state index contributed by atoms with van der Waals surface area (Å²) in [5, 5.41) is 3.21. The molecule has 0 saturated carbocycles. The molecule has 1 N–H and O–H groups in total. The summed E-state index contributed by atoms with van der Waals surface area (Å²) in [6, 6.07) is 2.92. The van der Waals surface area contributed by atoms with Gasteiger partial charge in [-0.25, -0.2) is 8.78 Å². The first kappa shape index (κ1) is 16.2. The van der Waals surface area contributed by atoms with Crippen molar-refractivity contribution in [3.8, 4) is 0 Å². The molecule has 1 aliphatic heterocycles. The standard InChI is InChI=1S/C17H26F2N2/c1-11(2)7-20-8-14-5-15(18)17(16(19)6-14)21-9-12(3)13(4)10-21/h5-6,11-13,20H,7-10H2,1-4H3. The summed E-state index contributed by atoms with van der Waals surface area (Å²) in [6.45, 7) is 11.3. The zero-order valence-corrected chi connectivity index (χ0v) is 13.4. The van der Waals surface area contributed by atoms with Crippen LogP contribution in [0.2, 0.25) is 0 Å². The van der Waals surface area contributed by atoms with E-state index in [1.807, 2.05) is 4.90 Å². The fraction of sp³-hybridized carbons (Fsp3) is 0.647. The Hall–Kier alpha value is -1.16. The monoisotopic (exact) mass is 296 g/mol. The van der Waals surface area contributed by atoms with Gasteiger partial charge in [-0.05, 0) is 42.0 Å². The van der Waals surface area contributed by atoms with Gasteiger partial charge in [-0.2, -0.15) is 0 Å². The van der Waals surface area contributed by atoms with Gasteiger partial charge in [0.05, 0.1) is 0 Å². The van der Waals surface area contributed by atoms with Gasteiger partial charge in [-0.15, -0.1) is 0 Å². The largest absolute Gasteiger partial charge is 0.366 e. The maximum atomic E-state index is 14.3. The van der Waals surface area contributed by atoms with Crippen molar-refractivity contribution in [3.05, 3.63) is 29.3 Å². The van der Waals surface area contributed by atoms with E-state index in [0.29, 0.717) is 29.9 Å². The van der Waals surface area contributed by atoms with E-state index in [4.69, 9.17) is 0 Å². The highest BCUT2D eigenvalue weighted by Gasteiger charge is 2.29. The molecule has 2 atom stereocenters. The number of hydrogen-bond acceptors (Lipinski definition) is 2. The molecule has 1 saturated heterocycles. The van der Waals surface area contributed by atoms with Gasteiger partial charge in [0.25, 0.3) is 0 Å². The molecule has 1 aromatic rings.